The van der Waals surface area contributed by atoms with Gasteiger partial charge in [0.25, 0.3) is 0 Å². The number of carbonyl (C=O) groups is 1. The van der Waals surface area contributed by atoms with Crippen LogP contribution in [0.2, 0.25) is 0 Å². The van der Waals surface area contributed by atoms with Crippen LogP contribution in [0.4, 0.5) is 10.1 Å². The Morgan fingerprint density at radius 2 is 1.89 bits per heavy atom. The van der Waals surface area contributed by atoms with Gasteiger partial charge in [-0.15, -0.1) is 0 Å². The van der Waals surface area contributed by atoms with Crippen LogP contribution in [0.25, 0.3) is 0 Å². The second-order valence-electron chi connectivity index (χ2n) is 7.91. The van der Waals surface area contributed by atoms with Crippen LogP contribution in [0.1, 0.15) is 31.7 Å². The molecule has 1 aliphatic carbocycles. The zero-order valence-corrected chi connectivity index (χ0v) is 16.4. The molecule has 0 aromatic heterocycles. The number of rotatable bonds is 3. The number of hydrogen-bond acceptors (Lipinski definition) is 4. The topological polar surface area (TPSA) is 60.9 Å². The van der Waals surface area contributed by atoms with Gasteiger partial charge in [0.05, 0.1) is 5.75 Å². The van der Waals surface area contributed by atoms with Crippen LogP contribution in [0, 0.1) is 11.7 Å². The largest absolute Gasteiger partial charge is 0.368 e. The average molecular weight is 396 g/mol. The van der Waals surface area contributed by atoms with Gasteiger partial charge in [-0.05, 0) is 37.3 Å². The molecule has 6 nitrogen and oxygen atoms in total. The molecular formula is C19H26FN3O3S. The Morgan fingerprint density at radius 1 is 1.19 bits per heavy atom. The zero-order valence-electron chi connectivity index (χ0n) is 15.6. The van der Waals surface area contributed by atoms with Crippen LogP contribution in [-0.4, -0.2) is 61.5 Å². The highest BCUT2D eigenvalue weighted by Crippen LogP contribution is 2.40. The number of carbonyl (C=O) groups excluding carboxylic acids is 1. The predicted molar refractivity (Wildman–Crippen MR) is 101 cm³/mol. The summed E-state index contributed by atoms with van der Waals surface area (Å²) < 4.78 is 41.3. The van der Waals surface area contributed by atoms with E-state index in [-0.39, 0.29) is 30.1 Å². The van der Waals surface area contributed by atoms with E-state index in [0.717, 1.165) is 24.9 Å². The van der Waals surface area contributed by atoms with Gasteiger partial charge in [0.2, 0.25) is 15.9 Å². The maximum atomic E-state index is 14.7. The Hall–Kier alpha value is -1.67. The second kappa shape index (κ2) is 7.05. The molecule has 4 aliphatic rings. The van der Waals surface area contributed by atoms with Crippen LogP contribution in [0.5, 0.6) is 0 Å². The van der Waals surface area contributed by atoms with Gasteiger partial charge in [0, 0.05) is 56.9 Å². The standard InChI is InChI=1S/C19H26FN3O3S/c1-14(24)21-5-7-22(8-6-21)17-3-2-16(19(20)12-17)13-23-18-10-15(11-18)4-9-27(23,25)26/h2-3,12,15,18H,4-11,13H2,1H3. The summed E-state index contributed by atoms with van der Waals surface area (Å²) in [5.74, 6) is 0.384. The monoisotopic (exact) mass is 395 g/mol. The van der Waals surface area contributed by atoms with Crippen molar-refractivity contribution in [2.24, 2.45) is 5.92 Å². The minimum Gasteiger partial charge on any atom is -0.368 e. The Balaban J connectivity index is 1.47. The van der Waals surface area contributed by atoms with Crippen LogP contribution in [-0.2, 0) is 21.4 Å². The van der Waals surface area contributed by atoms with Crippen LogP contribution in [0.15, 0.2) is 18.2 Å². The third-order valence-electron chi connectivity index (χ3n) is 6.21. The SMILES string of the molecule is CC(=O)N1CCN(c2ccc(CN3C4CC(CCS3(=O)=O)C4)c(F)c2)CC1. The van der Waals surface area contributed by atoms with Crippen molar-refractivity contribution in [1.29, 1.82) is 0 Å². The van der Waals surface area contributed by atoms with E-state index in [2.05, 4.69) is 4.90 Å². The maximum absolute atomic E-state index is 14.7. The van der Waals surface area contributed by atoms with E-state index in [1.807, 2.05) is 6.07 Å². The number of amides is 1. The first-order valence-corrected chi connectivity index (χ1v) is 11.2. The number of fused-ring (bicyclic) bond motifs is 3. The highest BCUT2D eigenvalue weighted by molar-refractivity contribution is 7.89. The summed E-state index contributed by atoms with van der Waals surface area (Å²) in [6, 6.07) is 5.09. The number of sulfonamides is 1. The minimum absolute atomic E-state index is 0.0289. The summed E-state index contributed by atoms with van der Waals surface area (Å²) in [6.45, 7) is 4.28. The molecule has 1 aromatic rings. The molecule has 3 aliphatic heterocycles. The van der Waals surface area contributed by atoms with Crippen molar-refractivity contribution >= 4 is 21.6 Å². The van der Waals surface area contributed by atoms with Gasteiger partial charge in [-0.25, -0.2) is 12.8 Å². The molecule has 2 bridgehead atoms. The van der Waals surface area contributed by atoms with Crippen molar-refractivity contribution in [3.63, 3.8) is 0 Å². The molecule has 148 valence electrons. The summed E-state index contributed by atoms with van der Waals surface area (Å²) in [5.41, 5.74) is 1.21. The fraction of sp³-hybridized carbons (Fsp3) is 0.632. The van der Waals surface area contributed by atoms with E-state index in [1.165, 1.54) is 10.4 Å². The Labute approximate surface area is 160 Å². The number of anilines is 1. The van der Waals surface area contributed by atoms with Crippen molar-refractivity contribution in [1.82, 2.24) is 9.21 Å². The summed E-state index contributed by atoms with van der Waals surface area (Å²) in [5, 5.41) is 0. The fourth-order valence-corrected chi connectivity index (χ4v) is 6.20. The molecule has 0 spiro atoms. The quantitative estimate of drug-likeness (QED) is 0.783. The van der Waals surface area contributed by atoms with Gasteiger partial charge >= 0.3 is 0 Å². The van der Waals surface area contributed by atoms with Crippen molar-refractivity contribution < 1.29 is 17.6 Å². The lowest BCUT2D eigenvalue weighted by molar-refractivity contribution is -0.129. The molecule has 27 heavy (non-hydrogen) atoms. The molecule has 3 saturated heterocycles. The number of halogens is 1. The number of nitrogens with zero attached hydrogens (tertiary/aromatic N) is 3. The molecule has 5 rings (SSSR count). The lowest BCUT2D eigenvalue weighted by Gasteiger charge is -2.38. The molecule has 1 saturated carbocycles. The smallest absolute Gasteiger partial charge is 0.219 e. The van der Waals surface area contributed by atoms with E-state index < -0.39 is 10.0 Å². The van der Waals surface area contributed by atoms with Gasteiger partial charge in [0.15, 0.2) is 0 Å². The highest BCUT2D eigenvalue weighted by Gasteiger charge is 2.43. The van der Waals surface area contributed by atoms with Gasteiger partial charge in [-0.1, -0.05) is 6.07 Å². The van der Waals surface area contributed by atoms with E-state index in [9.17, 15) is 17.6 Å². The molecular weight excluding hydrogens is 369 g/mol. The first-order chi connectivity index (χ1) is 12.8. The third-order valence-corrected chi connectivity index (χ3v) is 8.11. The normalized spacial score (nSPS) is 27.8. The van der Waals surface area contributed by atoms with Crippen LogP contribution in [0.3, 0.4) is 0 Å². The second-order valence-corrected chi connectivity index (χ2v) is 9.95. The molecule has 4 fully saturated rings. The van der Waals surface area contributed by atoms with Crippen LogP contribution >= 0.6 is 0 Å². The molecule has 1 amide bonds. The molecule has 0 radical (unpaired) electrons. The first kappa shape index (κ1) is 18.7. The number of piperazine rings is 1. The van der Waals surface area contributed by atoms with Crippen molar-refractivity contribution in [3.05, 3.63) is 29.6 Å². The summed E-state index contributed by atoms with van der Waals surface area (Å²) in [7, 11) is -3.31. The molecule has 0 N–H and O–H groups in total. The highest BCUT2D eigenvalue weighted by atomic mass is 32.2. The summed E-state index contributed by atoms with van der Waals surface area (Å²) >= 11 is 0. The Morgan fingerprint density at radius 3 is 2.52 bits per heavy atom. The zero-order chi connectivity index (χ0) is 19.2. The third kappa shape index (κ3) is 3.69. The Bertz CT molecular complexity index is 831. The lowest BCUT2D eigenvalue weighted by atomic mass is 9.78. The fourth-order valence-electron chi connectivity index (χ4n) is 4.37. The lowest BCUT2D eigenvalue weighted by Crippen LogP contribution is -2.48. The van der Waals surface area contributed by atoms with E-state index in [1.54, 1.807) is 17.9 Å². The van der Waals surface area contributed by atoms with E-state index in [0.29, 0.717) is 37.7 Å². The van der Waals surface area contributed by atoms with Gasteiger partial charge < -0.3 is 9.80 Å². The molecule has 8 heteroatoms. The van der Waals surface area contributed by atoms with Gasteiger partial charge in [-0.2, -0.15) is 4.31 Å². The van der Waals surface area contributed by atoms with Crippen LogP contribution < -0.4 is 4.90 Å². The summed E-state index contributed by atoms with van der Waals surface area (Å²) in [4.78, 5) is 15.3. The van der Waals surface area contributed by atoms with Crippen molar-refractivity contribution in [2.75, 3.05) is 36.8 Å². The minimum atomic E-state index is -3.31. The molecule has 3 heterocycles. The van der Waals surface area contributed by atoms with Gasteiger partial charge in [0.1, 0.15) is 5.82 Å². The average Bonchev–Trinajstić information content (AvgIpc) is 2.79. The van der Waals surface area contributed by atoms with Gasteiger partial charge in [-0.3, -0.25) is 4.79 Å². The van der Waals surface area contributed by atoms with E-state index in [4.69, 9.17) is 0 Å². The molecule has 0 unspecified atom stereocenters. The van der Waals surface area contributed by atoms with Crippen molar-refractivity contribution in [2.45, 2.75) is 38.8 Å². The van der Waals surface area contributed by atoms with E-state index >= 15 is 0 Å². The maximum Gasteiger partial charge on any atom is 0.219 e. The predicted octanol–water partition coefficient (Wildman–Crippen LogP) is 1.81. The molecule has 0 atom stereocenters. The summed E-state index contributed by atoms with van der Waals surface area (Å²) in [6.07, 6.45) is 2.53. The Kier molecular flexibility index (Phi) is 4.88. The van der Waals surface area contributed by atoms with Crippen molar-refractivity contribution in [3.8, 4) is 0 Å². The molecule has 1 aromatic carbocycles. The first-order valence-electron chi connectivity index (χ1n) is 9.62. The number of hydrogen-bond donors (Lipinski definition) is 0. The number of benzene rings is 1.